The fraction of sp³-hybridized carbons (Fsp3) is 1.00. The molecule has 0 saturated carbocycles. The molecule has 0 heterocycles. The van der Waals surface area contributed by atoms with Gasteiger partial charge >= 0.3 is 0 Å². The molecule has 0 aromatic heterocycles. The van der Waals surface area contributed by atoms with E-state index in [1.54, 1.807) is 6.26 Å². The molecule has 5 heteroatoms. The van der Waals surface area contributed by atoms with E-state index in [1.165, 1.54) is 0 Å². The second-order valence-electron chi connectivity index (χ2n) is 3.75. The third-order valence-electron chi connectivity index (χ3n) is 1.74. The first-order valence-electron chi connectivity index (χ1n) is 4.86. The van der Waals surface area contributed by atoms with Gasteiger partial charge in [0.05, 0.1) is 6.10 Å². The number of aliphatic hydroxyl groups excluding tert-OH is 1. The molecule has 0 aromatic carbocycles. The molecule has 0 rings (SSSR count). The summed E-state index contributed by atoms with van der Waals surface area (Å²) in [5.74, 6) is 0.733. The standard InChI is InChI=1S/C9H22N2O2S/c1-11(2)8-9(12)7-10-5-4-6-14(3)13/h9-10,12H,4-8H2,1-3H3. The van der Waals surface area contributed by atoms with Crippen LogP contribution in [0.2, 0.25) is 0 Å². The van der Waals surface area contributed by atoms with Crippen molar-refractivity contribution in [3.05, 3.63) is 0 Å². The zero-order valence-corrected chi connectivity index (χ0v) is 10.1. The second kappa shape index (κ2) is 8.35. The first kappa shape index (κ1) is 14.0. The molecule has 0 aliphatic heterocycles. The average Bonchev–Trinajstić information content (AvgIpc) is 2.01. The highest BCUT2D eigenvalue weighted by atomic mass is 32.2. The lowest BCUT2D eigenvalue weighted by molar-refractivity contribution is 0.135. The summed E-state index contributed by atoms with van der Waals surface area (Å²) >= 11 is 0. The van der Waals surface area contributed by atoms with Crippen LogP contribution in [0.1, 0.15) is 6.42 Å². The van der Waals surface area contributed by atoms with Crippen LogP contribution >= 0.6 is 0 Å². The molecule has 0 radical (unpaired) electrons. The number of likely N-dealkylation sites (N-methyl/N-ethyl adjacent to an activating group) is 1. The van der Waals surface area contributed by atoms with E-state index in [0.29, 0.717) is 13.1 Å². The number of nitrogens with one attached hydrogen (secondary N) is 1. The molecule has 0 saturated heterocycles. The fourth-order valence-corrected chi connectivity index (χ4v) is 1.71. The van der Waals surface area contributed by atoms with Gasteiger partial charge in [-0.3, -0.25) is 4.21 Å². The number of nitrogens with zero attached hydrogens (tertiary/aromatic N) is 1. The molecule has 0 bridgehead atoms. The Hall–Kier alpha value is 0.0300. The van der Waals surface area contributed by atoms with Gasteiger partial charge in [0, 0.05) is 35.9 Å². The van der Waals surface area contributed by atoms with Crippen molar-refractivity contribution in [2.24, 2.45) is 0 Å². The van der Waals surface area contributed by atoms with Crippen LogP contribution in [0.25, 0.3) is 0 Å². The zero-order valence-electron chi connectivity index (χ0n) is 9.32. The summed E-state index contributed by atoms with van der Waals surface area (Å²) in [6.45, 7) is 2.10. The van der Waals surface area contributed by atoms with E-state index >= 15 is 0 Å². The third kappa shape index (κ3) is 10.1. The molecule has 0 fully saturated rings. The maximum atomic E-state index is 10.7. The molecule has 2 unspecified atom stereocenters. The Morgan fingerprint density at radius 1 is 1.50 bits per heavy atom. The van der Waals surface area contributed by atoms with Gasteiger partial charge in [0.15, 0.2) is 0 Å². The van der Waals surface area contributed by atoms with Crippen LogP contribution in [-0.2, 0) is 10.8 Å². The summed E-state index contributed by atoms with van der Waals surface area (Å²) < 4.78 is 10.7. The van der Waals surface area contributed by atoms with Gasteiger partial charge in [-0.1, -0.05) is 0 Å². The minimum absolute atomic E-state index is 0.322. The first-order chi connectivity index (χ1) is 6.52. The maximum absolute atomic E-state index is 10.7. The van der Waals surface area contributed by atoms with E-state index in [-0.39, 0.29) is 6.10 Å². The van der Waals surface area contributed by atoms with Gasteiger partial charge in [-0.25, -0.2) is 0 Å². The predicted molar refractivity (Wildman–Crippen MR) is 61.0 cm³/mol. The molecule has 0 spiro atoms. The average molecular weight is 222 g/mol. The molecular formula is C9H22N2O2S. The van der Waals surface area contributed by atoms with Crippen molar-refractivity contribution < 1.29 is 9.32 Å². The minimum Gasteiger partial charge on any atom is -0.390 e. The van der Waals surface area contributed by atoms with Crippen molar-refractivity contribution in [3.63, 3.8) is 0 Å². The van der Waals surface area contributed by atoms with E-state index in [9.17, 15) is 9.32 Å². The van der Waals surface area contributed by atoms with Gasteiger partial charge in [0.1, 0.15) is 0 Å². The number of aliphatic hydroxyl groups is 1. The first-order valence-corrected chi connectivity index (χ1v) is 6.58. The lowest BCUT2D eigenvalue weighted by Crippen LogP contribution is -2.35. The van der Waals surface area contributed by atoms with Crippen molar-refractivity contribution in [3.8, 4) is 0 Å². The SMILES string of the molecule is CN(C)CC(O)CNCCCS(C)=O. The number of hydrogen-bond acceptors (Lipinski definition) is 4. The third-order valence-corrected chi connectivity index (χ3v) is 2.60. The van der Waals surface area contributed by atoms with Crippen LogP contribution in [0.3, 0.4) is 0 Å². The summed E-state index contributed by atoms with van der Waals surface area (Å²) in [6, 6.07) is 0. The summed E-state index contributed by atoms with van der Waals surface area (Å²) in [5, 5.41) is 12.6. The van der Waals surface area contributed by atoms with E-state index in [4.69, 9.17) is 0 Å². The van der Waals surface area contributed by atoms with Crippen LogP contribution in [0.5, 0.6) is 0 Å². The van der Waals surface area contributed by atoms with Crippen molar-refractivity contribution in [1.82, 2.24) is 10.2 Å². The lowest BCUT2D eigenvalue weighted by atomic mass is 10.3. The summed E-state index contributed by atoms with van der Waals surface area (Å²) in [4.78, 5) is 1.95. The Morgan fingerprint density at radius 3 is 2.64 bits per heavy atom. The number of hydrogen-bond donors (Lipinski definition) is 2. The van der Waals surface area contributed by atoms with Crippen molar-refractivity contribution in [1.29, 1.82) is 0 Å². The molecule has 2 atom stereocenters. The van der Waals surface area contributed by atoms with Crippen molar-refractivity contribution in [2.45, 2.75) is 12.5 Å². The Balaban J connectivity index is 3.23. The van der Waals surface area contributed by atoms with Crippen LogP contribution in [0, 0.1) is 0 Å². The monoisotopic (exact) mass is 222 g/mol. The van der Waals surface area contributed by atoms with Crippen LogP contribution in [0.4, 0.5) is 0 Å². The molecule has 2 N–H and O–H groups in total. The molecule has 0 amide bonds. The molecule has 4 nitrogen and oxygen atoms in total. The van der Waals surface area contributed by atoms with E-state index < -0.39 is 10.8 Å². The van der Waals surface area contributed by atoms with Crippen LogP contribution < -0.4 is 5.32 Å². The Morgan fingerprint density at radius 2 is 2.14 bits per heavy atom. The van der Waals surface area contributed by atoms with E-state index in [2.05, 4.69) is 5.32 Å². The fourth-order valence-electron chi connectivity index (χ4n) is 1.16. The Labute approximate surface area is 89.1 Å². The highest BCUT2D eigenvalue weighted by Crippen LogP contribution is 1.85. The normalized spacial score (nSPS) is 15.8. The van der Waals surface area contributed by atoms with E-state index in [1.807, 2.05) is 19.0 Å². The van der Waals surface area contributed by atoms with Crippen LogP contribution in [-0.4, -0.2) is 66.1 Å². The van der Waals surface area contributed by atoms with Crippen LogP contribution in [0.15, 0.2) is 0 Å². The molecule has 0 aliphatic rings. The Bertz CT molecular complexity index is 165. The zero-order chi connectivity index (χ0) is 11.0. The molecule has 86 valence electrons. The highest BCUT2D eigenvalue weighted by molar-refractivity contribution is 7.84. The molecular weight excluding hydrogens is 200 g/mol. The lowest BCUT2D eigenvalue weighted by Gasteiger charge is -2.16. The summed E-state index contributed by atoms with van der Waals surface area (Å²) in [7, 11) is 3.17. The molecule has 0 aromatic rings. The minimum atomic E-state index is -0.700. The van der Waals surface area contributed by atoms with Gasteiger partial charge in [0.2, 0.25) is 0 Å². The molecule has 14 heavy (non-hydrogen) atoms. The van der Waals surface area contributed by atoms with Gasteiger partial charge in [0.25, 0.3) is 0 Å². The summed E-state index contributed by atoms with van der Waals surface area (Å²) in [5.41, 5.74) is 0. The van der Waals surface area contributed by atoms with Gasteiger partial charge in [-0.2, -0.15) is 0 Å². The Kier molecular flexibility index (Phi) is 8.37. The van der Waals surface area contributed by atoms with E-state index in [0.717, 1.165) is 18.7 Å². The predicted octanol–water partition coefficient (Wildman–Crippen LogP) is -0.733. The molecule has 0 aliphatic carbocycles. The number of rotatable bonds is 8. The largest absolute Gasteiger partial charge is 0.390 e. The quantitative estimate of drug-likeness (QED) is 0.532. The smallest absolute Gasteiger partial charge is 0.0791 e. The second-order valence-corrected chi connectivity index (χ2v) is 5.31. The van der Waals surface area contributed by atoms with Crippen molar-refractivity contribution >= 4 is 10.8 Å². The van der Waals surface area contributed by atoms with Gasteiger partial charge in [-0.15, -0.1) is 0 Å². The highest BCUT2D eigenvalue weighted by Gasteiger charge is 2.03. The van der Waals surface area contributed by atoms with Crippen molar-refractivity contribution in [2.75, 3.05) is 45.7 Å². The van der Waals surface area contributed by atoms with Gasteiger partial charge < -0.3 is 15.3 Å². The summed E-state index contributed by atoms with van der Waals surface area (Å²) in [6.07, 6.45) is 2.29. The topological polar surface area (TPSA) is 52.6 Å². The van der Waals surface area contributed by atoms with Gasteiger partial charge in [-0.05, 0) is 27.1 Å². The maximum Gasteiger partial charge on any atom is 0.0791 e.